The maximum atomic E-state index is 6.32. The van der Waals surface area contributed by atoms with Crippen LogP contribution >= 0.6 is 11.6 Å². The highest BCUT2D eigenvalue weighted by Gasteiger charge is 2.31. The molecule has 1 atom stereocenters. The number of nitrogens with zero attached hydrogens (tertiary/aromatic N) is 1. The number of likely N-dealkylation sites (tertiary alicyclic amines) is 1. The number of rotatable bonds is 2. The van der Waals surface area contributed by atoms with E-state index in [1.165, 1.54) is 5.56 Å². The smallest absolute Gasteiger partial charge is 0.0468 e. The van der Waals surface area contributed by atoms with Crippen LogP contribution in [0.25, 0.3) is 0 Å². The molecule has 16 heavy (non-hydrogen) atoms. The summed E-state index contributed by atoms with van der Waals surface area (Å²) in [6, 6.07) is 10.6. The summed E-state index contributed by atoms with van der Waals surface area (Å²) in [5, 5.41) is 0.299. The summed E-state index contributed by atoms with van der Waals surface area (Å²) < 4.78 is 0. The third-order valence-corrected chi connectivity index (χ3v) is 3.42. The molecule has 0 N–H and O–H groups in total. The summed E-state index contributed by atoms with van der Waals surface area (Å²) in [4.78, 5) is 2.47. The molecule has 1 aliphatic heterocycles. The molecule has 0 saturated carbocycles. The first-order chi connectivity index (χ1) is 7.55. The number of benzene rings is 1. The van der Waals surface area contributed by atoms with Gasteiger partial charge in [-0.2, -0.15) is 0 Å². The molecule has 88 valence electrons. The molecular formula is C14H20ClN. The van der Waals surface area contributed by atoms with Crippen molar-refractivity contribution in [1.82, 2.24) is 4.90 Å². The minimum absolute atomic E-state index is 0.299. The van der Waals surface area contributed by atoms with Gasteiger partial charge in [-0.3, -0.25) is 4.90 Å². The van der Waals surface area contributed by atoms with Crippen molar-refractivity contribution < 1.29 is 0 Å². The topological polar surface area (TPSA) is 3.24 Å². The SMILES string of the molecule is CC1(C)CC(Cl)CN(Cc2ccccc2)C1. The predicted molar refractivity (Wildman–Crippen MR) is 69.8 cm³/mol. The normalized spacial score (nSPS) is 25.6. The van der Waals surface area contributed by atoms with Crippen LogP contribution in [0.4, 0.5) is 0 Å². The quantitative estimate of drug-likeness (QED) is 0.712. The van der Waals surface area contributed by atoms with Crippen LogP contribution < -0.4 is 0 Å². The summed E-state index contributed by atoms with van der Waals surface area (Å²) in [6.45, 7) is 7.79. The molecule has 0 aliphatic carbocycles. The first kappa shape index (κ1) is 11.9. The van der Waals surface area contributed by atoms with E-state index in [9.17, 15) is 0 Å². The van der Waals surface area contributed by atoms with Gasteiger partial charge in [-0.1, -0.05) is 44.2 Å². The van der Waals surface area contributed by atoms with Crippen LogP contribution in [0.2, 0.25) is 0 Å². The van der Waals surface area contributed by atoms with Crippen LogP contribution in [0.5, 0.6) is 0 Å². The molecule has 1 nitrogen and oxygen atoms in total. The first-order valence-electron chi connectivity index (χ1n) is 5.95. The van der Waals surface area contributed by atoms with E-state index >= 15 is 0 Å². The second-order valence-corrected chi connectivity index (χ2v) is 6.24. The fourth-order valence-corrected chi connectivity index (χ4v) is 3.25. The molecular weight excluding hydrogens is 218 g/mol. The van der Waals surface area contributed by atoms with Gasteiger partial charge in [-0.25, -0.2) is 0 Å². The standard InChI is InChI=1S/C14H20ClN/c1-14(2)8-13(15)10-16(11-14)9-12-6-4-3-5-7-12/h3-7,13H,8-11H2,1-2H3. The maximum absolute atomic E-state index is 6.32. The van der Waals surface area contributed by atoms with Crippen molar-refractivity contribution in [2.75, 3.05) is 13.1 Å². The summed E-state index contributed by atoms with van der Waals surface area (Å²) in [7, 11) is 0. The lowest BCUT2D eigenvalue weighted by Gasteiger charge is -2.40. The summed E-state index contributed by atoms with van der Waals surface area (Å²) in [5.74, 6) is 0. The Morgan fingerprint density at radius 1 is 1.31 bits per heavy atom. The van der Waals surface area contributed by atoms with Gasteiger partial charge >= 0.3 is 0 Å². The Kier molecular flexibility index (Phi) is 3.56. The van der Waals surface area contributed by atoms with E-state index in [4.69, 9.17) is 11.6 Å². The average molecular weight is 238 g/mol. The molecule has 0 radical (unpaired) electrons. The van der Waals surface area contributed by atoms with Gasteiger partial charge in [0.1, 0.15) is 0 Å². The average Bonchev–Trinajstić information content (AvgIpc) is 2.15. The molecule has 1 heterocycles. The molecule has 1 unspecified atom stereocenters. The predicted octanol–water partition coefficient (Wildman–Crippen LogP) is 3.53. The van der Waals surface area contributed by atoms with Gasteiger partial charge in [-0.05, 0) is 17.4 Å². The van der Waals surface area contributed by atoms with Crippen LogP contribution in [0.1, 0.15) is 25.8 Å². The maximum Gasteiger partial charge on any atom is 0.0468 e. The number of alkyl halides is 1. The molecule has 1 saturated heterocycles. The highest BCUT2D eigenvalue weighted by molar-refractivity contribution is 6.20. The van der Waals surface area contributed by atoms with Crippen LogP contribution in [0, 0.1) is 5.41 Å². The number of halogens is 1. The fraction of sp³-hybridized carbons (Fsp3) is 0.571. The van der Waals surface area contributed by atoms with E-state index in [0.29, 0.717) is 10.8 Å². The molecule has 2 heteroatoms. The zero-order chi connectivity index (χ0) is 11.6. The fourth-order valence-electron chi connectivity index (χ4n) is 2.64. The second-order valence-electron chi connectivity index (χ2n) is 5.62. The Morgan fingerprint density at radius 2 is 2.00 bits per heavy atom. The number of hydrogen-bond acceptors (Lipinski definition) is 1. The van der Waals surface area contributed by atoms with Gasteiger partial charge in [0.25, 0.3) is 0 Å². The molecule has 0 bridgehead atoms. The molecule has 2 rings (SSSR count). The largest absolute Gasteiger partial charge is 0.297 e. The van der Waals surface area contributed by atoms with E-state index in [1.54, 1.807) is 0 Å². The van der Waals surface area contributed by atoms with Gasteiger partial charge in [0.05, 0.1) is 0 Å². The Balaban J connectivity index is 2.00. The van der Waals surface area contributed by atoms with Gasteiger partial charge in [-0.15, -0.1) is 11.6 Å². The summed E-state index contributed by atoms with van der Waals surface area (Å²) in [6.07, 6.45) is 1.12. The molecule has 1 aromatic rings. The number of piperidine rings is 1. The Morgan fingerprint density at radius 3 is 2.62 bits per heavy atom. The van der Waals surface area contributed by atoms with E-state index in [2.05, 4.69) is 49.1 Å². The van der Waals surface area contributed by atoms with Crippen LogP contribution in [-0.2, 0) is 6.54 Å². The van der Waals surface area contributed by atoms with Crippen molar-refractivity contribution >= 4 is 11.6 Å². The summed E-state index contributed by atoms with van der Waals surface area (Å²) >= 11 is 6.32. The van der Waals surface area contributed by atoms with Crippen molar-refractivity contribution in [3.63, 3.8) is 0 Å². The van der Waals surface area contributed by atoms with Crippen molar-refractivity contribution in [3.8, 4) is 0 Å². The van der Waals surface area contributed by atoms with E-state index in [-0.39, 0.29) is 0 Å². The Hall–Kier alpha value is -0.530. The lowest BCUT2D eigenvalue weighted by atomic mass is 9.84. The Bertz CT molecular complexity index is 334. The third kappa shape index (κ3) is 3.23. The van der Waals surface area contributed by atoms with Crippen molar-refractivity contribution in [1.29, 1.82) is 0 Å². The zero-order valence-corrected chi connectivity index (χ0v) is 10.9. The lowest BCUT2D eigenvalue weighted by molar-refractivity contribution is 0.115. The second kappa shape index (κ2) is 4.77. The molecule has 0 amide bonds. The van der Waals surface area contributed by atoms with Crippen LogP contribution in [-0.4, -0.2) is 23.4 Å². The molecule has 0 spiro atoms. The minimum Gasteiger partial charge on any atom is -0.297 e. The van der Waals surface area contributed by atoms with Gasteiger partial charge < -0.3 is 0 Å². The molecule has 1 aromatic carbocycles. The van der Waals surface area contributed by atoms with Crippen LogP contribution in [0.15, 0.2) is 30.3 Å². The highest BCUT2D eigenvalue weighted by Crippen LogP contribution is 2.31. The minimum atomic E-state index is 0.299. The monoisotopic (exact) mass is 237 g/mol. The van der Waals surface area contributed by atoms with Gasteiger partial charge in [0, 0.05) is 25.0 Å². The molecule has 1 fully saturated rings. The summed E-state index contributed by atoms with van der Waals surface area (Å²) in [5.41, 5.74) is 1.73. The van der Waals surface area contributed by atoms with E-state index < -0.39 is 0 Å². The lowest BCUT2D eigenvalue weighted by Crippen LogP contribution is -2.44. The Labute approximate surface area is 103 Å². The highest BCUT2D eigenvalue weighted by atomic mass is 35.5. The first-order valence-corrected chi connectivity index (χ1v) is 6.39. The van der Waals surface area contributed by atoms with Crippen molar-refractivity contribution in [2.24, 2.45) is 5.41 Å². The van der Waals surface area contributed by atoms with E-state index in [1.807, 2.05) is 0 Å². The third-order valence-electron chi connectivity index (χ3n) is 3.13. The van der Waals surface area contributed by atoms with Crippen LogP contribution in [0.3, 0.4) is 0 Å². The van der Waals surface area contributed by atoms with E-state index in [0.717, 1.165) is 26.1 Å². The van der Waals surface area contributed by atoms with Crippen molar-refractivity contribution in [2.45, 2.75) is 32.2 Å². The zero-order valence-electron chi connectivity index (χ0n) is 10.1. The number of hydrogen-bond donors (Lipinski definition) is 0. The molecule has 0 aromatic heterocycles. The van der Waals surface area contributed by atoms with Gasteiger partial charge in [0.15, 0.2) is 0 Å². The molecule has 1 aliphatic rings. The van der Waals surface area contributed by atoms with Gasteiger partial charge in [0.2, 0.25) is 0 Å². The van der Waals surface area contributed by atoms with Crippen molar-refractivity contribution in [3.05, 3.63) is 35.9 Å².